The van der Waals surface area contributed by atoms with Crippen LogP contribution in [0.5, 0.6) is 0 Å². The molecule has 1 aromatic carbocycles. The molecule has 1 atom stereocenters. The molecule has 0 saturated heterocycles. The first kappa shape index (κ1) is 16.8. The Labute approximate surface area is 124 Å². The van der Waals surface area contributed by atoms with Crippen LogP contribution >= 0.6 is 7.37 Å². The van der Waals surface area contributed by atoms with E-state index < -0.39 is 12.9 Å². The van der Waals surface area contributed by atoms with Gasteiger partial charge in [-0.15, -0.1) is 0 Å². The van der Waals surface area contributed by atoms with E-state index in [0.29, 0.717) is 5.56 Å². The molecule has 0 aliphatic rings. The van der Waals surface area contributed by atoms with Crippen LogP contribution in [0, 0.1) is 20.8 Å². The van der Waals surface area contributed by atoms with Crippen molar-refractivity contribution in [3.8, 4) is 0 Å². The van der Waals surface area contributed by atoms with Crippen LogP contribution in [-0.2, 0) is 4.57 Å². The van der Waals surface area contributed by atoms with Crippen LogP contribution in [0.4, 0.5) is 0 Å². The summed E-state index contributed by atoms with van der Waals surface area (Å²) < 4.78 is 11.6. The van der Waals surface area contributed by atoms with Crippen LogP contribution in [0.2, 0.25) is 0 Å². The maximum atomic E-state index is 11.9. The predicted octanol–water partition coefficient (Wildman–Crippen LogP) is 2.52. The number of aryl methyl sites for hydroxylation is 3. The molecule has 0 aliphatic carbocycles. The second-order valence-electron chi connectivity index (χ2n) is 3.88. The van der Waals surface area contributed by atoms with Gasteiger partial charge in [-0.2, -0.15) is 0 Å². The van der Waals surface area contributed by atoms with Gasteiger partial charge in [0.25, 0.3) is 12.9 Å². The zero-order valence-electron chi connectivity index (χ0n) is 9.65. The van der Waals surface area contributed by atoms with E-state index in [1.807, 2.05) is 19.1 Å². The molecule has 88 valence electrons. The number of benzene rings is 1. The van der Waals surface area contributed by atoms with Gasteiger partial charge < -0.3 is 4.89 Å². The number of carbonyl (C=O) groups excluding carboxylic acids is 1. The van der Waals surface area contributed by atoms with Gasteiger partial charge in [0.1, 0.15) is 0 Å². The Hall–Kier alpha value is -0.180. The van der Waals surface area contributed by atoms with Gasteiger partial charge in [-0.05, 0) is 31.9 Å². The Bertz CT molecular complexity index is 485. The molecular formula is C12H16NaO3P. The third-order valence-electron chi connectivity index (χ3n) is 2.43. The van der Waals surface area contributed by atoms with E-state index in [0.717, 1.165) is 22.5 Å². The fraction of sp³-hybridized carbons (Fsp3) is 0.250. The van der Waals surface area contributed by atoms with Crippen LogP contribution in [0.3, 0.4) is 0 Å². The van der Waals surface area contributed by atoms with Crippen molar-refractivity contribution >= 4 is 42.5 Å². The second kappa shape index (κ2) is 6.12. The molecule has 0 fully saturated rings. The molecule has 0 aliphatic heterocycles. The van der Waals surface area contributed by atoms with Crippen molar-refractivity contribution < 1.29 is 14.3 Å². The second-order valence-corrected chi connectivity index (χ2v) is 5.90. The minimum absolute atomic E-state index is 0. The zero-order valence-corrected chi connectivity index (χ0v) is 10.5. The molecule has 0 spiro atoms. The van der Waals surface area contributed by atoms with Crippen LogP contribution < -0.4 is 0 Å². The van der Waals surface area contributed by atoms with Gasteiger partial charge in [-0.1, -0.05) is 24.3 Å². The molecule has 17 heavy (non-hydrogen) atoms. The Morgan fingerprint density at radius 1 is 1.29 bits per heavy atom. The van der Waals surface area contributed by atoms with Crippen molar-refractivity contribution in [2.75, 3.05) is 0 Å². The van der Waals surface area contributed by atoms with Crippen molar-refractivity contribution in [1.82, 2.24) is 0 Å². The summed E-state index contributed by atoms with van der Waals surface area (Å²) in [5.41, 5.74) is 2.06. The molecule has 1 rings (SSSR count). The number of hydrogen-bond donors (Lipinski definition) is 1. The van der Waals surface area contributed by atoms with E-state index in [2.05, 4.69) is 6.58 Å². The van der Waals surface area contributed by atoms with E-state index in [1.165, 1.54) is 0 Å². The summed E-state index contributed by atoms with van der Waals surface area (Å²) in [6, 6.07) is 3.65. The average molecular weight is 262 g/mol. The van der Waals surface area contributed by atoms with Crippen molar-refractivity contribution in [3.63, 3.8) is 0 Å². The summed E-state index contributed by atoms with van der Waals surface area (Å²) in [7, 11) is -3.93. The number of hydrogen-bond acceptors (Lipinski definition) is 2. The number of rotatable bonds is 3. The van der Waals surface area contributed by atoms with Crippen molar-refractivity contribution in [1.29, 1.82) is 0 Å². The maximum absolute atomic E-state index is 11.9. The third-order valence-corrected chi connectivity index (χ3v) is 3.73. The van der Waals surface area contributed by atoms with Crippen molar-refractivity contribution in [2.45, 2.75) is 20.8 Å². The zero-order chi connectivity index (χ0) is 12.5. The molecule has 1 N–H and O–H groups in total. The standard InChI is InChI=1S/C12H15O3P.Na.H/c1-5-16(14,15)12(13)11-9(3)6-8(2)7-10(11)4;;/h5-7H,1H2,2-4H3,(H,14,15);;. The molecular weight excluding hydrogens is 246 g/mol. The summed E-state index contributed by atoms with van der Waals surface area (Å²) in [6.07, 6.45) is 0. The van der Waals surface area contributed by atoms with Crippen LogP contribution in [0.15, 0.2) is 24.5 Å². The van der Waals surface area contributed by atoms with Crippen LogP contribution in [0.25, 0.3) is 0 Å². The first-order valence-electron chi connectivity index (χ1n) is 4.88. The van der Waals surface area contributed by atoms with Crippen LogP contribution in [0.1, 0.15) is 27.0 Å². The normalized spacial score (nSPS) is 13.4. The Morgan fingerprint density at radius 3 is 2.06 bits per heavy atom. The Kier molecular flexibility index (Phi) is 6.06. The van der Waals surface area contributed by atoms with E-state index >= 15 is 0 Å². The quantitative estimate of drug-likeness (QED) is 0.672. The average Bonchev–Trinajstić information content (AvgIpc) is 2.15. The summed E-state index contributed by atoms with van der Waals surface area (Å²) in [5, 5.41) is 0. The van der Waals surface area contributed by atoms with Crippen molar-refractivity contribution in [3.05, 3.63) is 46.8 Å². The molecule has 0 saturated carbocycles. The molecule has 0 amide bonds. The molecule has 0 radical (unpaired) electrons. The Balaban J connectivity index is 0.00000256. The van der Waals surface area contributed by atoms with Gasteiger partial charge >= 0.3 is 29.6 Å². The third kappa shape index (κ3) is 3.64. The number of carbonyl (C=O) groups is 1. The summed E-state index contributed by atoms with van der Waals surface area (Å²) in [6.45, 7) is 8.66. The summed E-state index contributed by atoms with van der Waals surface area (Å²) >= 11 is 0. The van der Waals surface area contributed by atoms with Gasteiger partial charge in [0, 0.05) is 11.4 Å². The molecule has 0 heterocycles. The summed E-state index contributed by atoms with van der Waals surface area (Å²) in [5.74, 6) is 0.827. The first-order valence-corrected chi connectivity index (χ1v) is 6.61. The van der Waals surface area contributed by atoms with Crippen LogP contribution in [-0.4, -0.2) is 40.0 Å². The molecule has 1 aromatic rings. The van der Waals surface area contributed by atoms with Gasteiger partial charge in [0.15, 0.2) is 0 Å². The van der Waals surface area contributed by atoms with Gasteiger partial charge in [0.05, 0.1) is 0 Å². The first-order chi connectivity index (χ1) is 7.29. The topological polar surface area (TPSA) is 54.4 Å². The molecule has 0 aromatic heterocycles. The monoisotopic (exact) mass is 262 g/mol. The summed E-state index contributed by atoms with van der Waals surface area (Å²) in [4.78, 5) is 21.3. The SMILES string of the molecule is C=CP(=O)(O)C(=O)c1c(C)cc(C)cc1C.[NaH]. The van der Waals surface area contributed by atoms with E-state index in [-0.39, 0.29) is 29.6 Å². The van der Waals surface area contributed by atoms with Gasteiger partial charge in [-0.3, -0.25) is 9.36 Å². The molecule has 0 bridgehead atoms. The van der Waals surface area contributed by atoms with Gasteiger partial charge in [0.2, 0.25) is 0 Å². The molecule has 3 nitrogen and oxygen atoms in total. The Morgan fingerprint density at radius 2 is 1.71 bits per heavy atom. The molecule has 5 heteroatoms. The van der Waals surface area contributed by atoms with Gasteiger partial charge in [-0.25, -0.2) is 0 Å². The predicted molar refractivity (Wildman–Crippen MR) is 72.2 cm³/mol. The van der Waals surface area contributed by atoms with E-state index in [9.17, 15) is 14.3 Å². The molecule has 1 unspecified atom stereocenters. The fourth-order valence-corrected chi connectivity index (χ4v) is 2.60. The van der Waals surface area contributed by atoms with E-state index in [1.54, 1.807) is 13.8 Å². The van der Waals surface area contributed by atoms with E-state index in [4.69, 9.17) is 0 Å². The minimum atomic E-state index is -3.93. The fourth-order valence-electron chi connectivity index (χ4n) is 1.76. The van der Waals surface area contributed by atoms with Crippen molar-refractivity contribution in [2.24, 2.45) is 0 Å².